The average Bonchev–Trinajstić information content (AvgIpc) is 2.79. The summed E-state index contributed by atoms with van der Waals surface area (Å²) in [5.41, 5.74) is 7.19. The first-order valence-electron chi connectivity index (χ1n) is 5.90. The van der Waals surface area contributed by atoms with Crippen molar-refractivity contribution in [3.8, 4) is 17.2 Å². The Balaban J connectivity index is 1.96. The van der Waals surface area contributed by atoms with Crippen molar-refractivity contribution in [2.24, 2.45) is 0 Å². The summed E-state index contributed by atoms with van der Waals surface area (Å²) in [6, 6.07) is 10.3. The van der Waals surface area contributed by atoms with Gasteiger partial charge in [-0.15, -0.1) is 0 Å². The van der Waals surface area contributed by atoms with Crippen LogP contribution in [0, 0.1) is 0 Å². The smallest absolute Gasteiger partial charge is 0.417 e. The van der Waals surface area contributed by atoms with Gasteiger partial charge in [0.25, 0.3) is 0 Å². The molecule has 0 unspecified atom stereocenters. The lowest BCUT2D eigenvalue weighted by molar-refractivity contribution is 0.413. The van der Waals surface area contributed by atoms with Crippen LogP contribution >= 0.6 is 0 Å². The van der Waals surface area contributed by atoms with E-state index in [0.717, 1.165) is 5.75 Å². The van der Waals surface area contributed by atoms with Crippen molar-refractivity contribution in [2.45, 2.75) is 0 Å². The minimum atomic E-state index is -0.527. The first kappa shape index (κ1) is 12.2. The van der Waals surface area contributed by atoms with Crippen molar-refractivity contribution in [3.63, 3.8) is 0 Å². The Morgan fingerprint density at radius 2 is 1.85 bits per heavy atom. The fourth-order valence-corrected chi connectivity index (χ4v) is 1.85. The normalized spacial score (nSPS) is 10.7. The van der Waals surface area contributed by atoms with Crippen LogP contribution in [0.5, 0.6) is 17.2 Å². The molecule has 2 aromatic carbocycles. The van der Waals surface area contributed by atoms with Crippen molar-refractivity contribution in [3.05, 3.63) is 46.9 Å². The standard InChI is InChI=1S/C14H12N2O4/c1-18-8-2-4-9(5-3-8)19-12-7-11-13(6-10(12)15)20-14(17)16-11/h2-7H,15H2,1H3,(H,16,17). The fourth-order valence-electron chi connectivity index (χ4n) is 1.85. The van der Waals surface area contributed by atoms with Crippen LogP contribution in [0.3, 0.4) is 0 Å². The monoisotopic (exact) mass is 272 g/mol. The quantitative estimate of drug-likeness (QED) is 0.715. The highest BCUT2D eigenvalue weighted by molar-refractivity contribution is 5.80. The molecule has 1 heterocycles. The predicted octanol–water partition coefficient (Wildman–Crippen LogP) is 2.50. The zero-order valence-corrected chi connectivity index (χ0v) is 10.7. The number of oxazole rings is 1. The van der Waals surface area contributed by atoms with Gasteiger partial charge in [-0.2, -0.15) is 0 Å². The molecular weight excluding hydrogens is 260 g/mol. The summed E-state index contributed by atoms with van der Waals surface area (Å²) < 4.78 is 15.7. The minimum Gasteiger partial charge on any atom is -0.497 e. The molecule has 0 saturated heterocycles. The summed E-state index contributed by atoms with van der Waals surface area (Å²) in [6.07, 6.45) is 0. The van der Waals surface area contributed by atoms with Gasteiger partial charge in [0.1, 0.15) is 11.5 Å². The molecule has 3 N–H and O–H groups in total. The van der Waals surface area contributed by atoms with Crippen LogP contribution in [0.1, 0.15) is 0 Å². The Morgan fingerprint density at radius 1 is 1.15 bits per heavy atom. The molecule has 0 atom stereocenters. The van der Waals surface area contributed by atoms with Gasteiger partial charge in [-0.1, -0.05) is 0 Å². The Labute approximate surface area is 113 Å². The van der Waals surface area contributed by atoms with E-state index in [1.807, 2.05) is 0 Å². The first-order valence-corrected chi connectivity index (χ1v) is 5.90. The molecule has 1 aromatic heterocycles. The minimum absolute atomic E-state index is 0.385. The number of benzene rings is 2. The van der Waals surface area contributed by atoms with Gasteiger partial charge in [0.2, 0.25) is 0 Å². The fraction of sp³-hybridized carbons (Fsp3) is 0.0714. The number of rotatable bonds is 3. The van der Waals surface area contributed by atoms with Crippen LogP contribution < -0.4 is 21.0 Å². The number of aromatic nitrogens is 1. The predicted molar refractivity (Wildman–Crippen MR) is 74.3 cm³/mol. The van der Waals surface area contributed by atoms with E-state index < -0.39 is 5.76 Å². The van der Waals surface area contributed by atoms with Gasteiger partial charge in [-0.3, -0.25) is 4.98 Å². The zero-order valence-electron chi connectivity index (χ0n) is 10.7. The molecule has 6 heteroatoms. The first-order chi connectivity index (χ1) is 9.65. The second kappa shape index (κ2) is 4.65. The van der Waals surface area contributed by atoms with Gasteiger partial charge in [0.15, 0.2) is 11.3 Å². The van der Waals surface area contributed by atoms with E-state index >= 15 is 0 Å². The third kappa shape index (κ3) is 2.18. The molecule has 0 aliphatic rings. The van der Waals surface area contributed by atoms with Crippen LogP contribution in [-0.2, 0) is 0 Å². The number of fused-ring (bicyclic) bond motifs is 1. The van der Waals surface area contributed by atoms with E-state index in [2.05, 4.69) is 4.98 Å². The van der Waals surface area contributed by atoms with E-state index in [9.17, 15) is 4.79 Å². The summed E-state index contributed by atoms with van der Waals surface area (Å²) in [4.78, 5) is 13.7. The molecule has 0 bridgehead atoms. The molecule has 3 rings (SSSR count). The number of methoxy groups -OCH3 is 1. The van der Waals surface area contributed by atoms with Crippen molar-refractivity contribution in [1.29, 1.82) is 0 Å². The van der Waals surface area contributed by atoms with Crippen molar-refractivity contribution >= 4 is 16.8 Å². The Morgan fingerprint density at radius 3 is 2.55 bits per heavy atom. The van der Waals surface area contributed by atoms with Gasteiger partial charge in [-0.05, 0) is 24.3 Å². The topological polar surface area (TPSA) is 90.5 Å². The Kier molecular flexibility index (Phi) is 2.83. The molecule has 0 amide bonds. The molecular formula is C14H12N2O4. The molecule has 6 nitrogen and oxygen atoms in total. The maximum atomic E-state index is 11.1. The van der Waals surface area contributed by atoms with Crippen LogP contribution in [0.15, 0.2) is 45.6 Å². The molecule has 0 fully saturated rings. The number of hydrogen-bond acceptors (Lipinski definition) is 5. The van der Waals surface area contributed by atoms with Crippen molar-refractivity contribution in [2.75, 3.05) is 12.8 Å². The van der Waals surface area contributed by atoms with E-state index in [-0.39, 0.29) is 0 Å². The third-order valence-electron chi connectivity index (χ3n) is 2.84. The van der Waals surface area contributed by atoms with Crippen molar-refractivity contribution < 1.29 is 13.9 Å². The number of nitrogens with two attached hydrogens (primary N) is 1. The van der Waals surface area contributed by atoms with E-state index in [1.165, 1.54) is 0 Å². The maximum Gasteiger partial charge on any atom is 0.417 e. The summed E-state index contributed by atoms with van der Waals surface area (Å²) in [6.45, 7) is 0. The van der Waals surface area contributed by atoms with Crippen LogP contribution in [0.2, 0.25) is 0 Å². The van der Waals surface area contributed by atoms with E-state index in [1.54, 1.807) is 43.5 Å². The van der Waals surface area contributed by atoms with Gasteiger partial charge in [-0.25, -0.2) is 4.79 Å². The number of H-pyrrole nitrogens is 1. The highest BCUT2D eigenvalue weighted by Gasteiger charge is 2.08. The van der Waals surface area contributed by atoms with Crippen LogP contribution in [0.25, 0.3) is 11.1 Å². The number of ether oxygens (including phenoxy) is 2. The van der Waals surface area contributed by atoms with Crippen LogP contribution in [0.4, 0.5) is 5.69 Å². The third-order valence-corrected chi connectivity index (χ3v) is 2.84. The lowest BCUT2D eigenvalue weighted by Gasteiger charge is -2.08. The largest absolute Gasteiger partial charge is 0.497 e. The zero-order chi connectivity index (χ0) is 14.1. The van der Waals surface area contributed by atoms with E-state index in [4.69, 9.17) is 19.6 Å². The second-order valence-corrected chi connectivity index (χ2v) is 4.18. The SMILES string of the molecule is COc1ccc(Oc2cc3[nH]c(=O)oc3cc2N)cc1. The molecule has 0 saturated carbocycles. The summed E-state index contributed by atoms with van der Waals surface area (Å²) in [7, 11) is 1.59. The van der Waals surface area contributed by atoms with Crippen LogP contribution in [-0.4, -0.2) is 12.1 Å². The second-order valence-electron chi connectivity index (χ2n) is 4.18. The lowest BCUT2D eigenvalue weighted by Crippen LogP contribution is -1.93. The lowest BCUT2D eigenvalue weighted by atomic mass is 10.2. The molecule has 0 radical (unpaired) electrons. The Bertz CT molecular complexity index is 802. The number of aromatic amines is 1. The molecule has 102 valence electrons. The number of anilines is 1. The van der Waals surface area contributed by atoms with Gasteiger partial charge in [0, 0.05) is 12.1 Å². The molecule has 0 aliphatic carbocycles. The van der Waals surface area contributed by atoms with Gasteiger partial charge >= 0.3 is 5.76 Å². The molecule has 3 aromatic rings. The molecule has 20 heavy (non-hydrogen) atoms. The molecule has 0 spiro atoms. The summed E-state index contributed by atoms with van der Waals surface area (Å²) >= 11 is 0. The summed E-state index contributed by atoms with van der Waals surface area (Å²) in [5, 5.41) is 0. The average molecular weight is 272 g/mol. The Hall–Kier alpha value is -2.89. The highest BCUT2D eigenvalue weighted by Crippen LogP contribution is 2.31. The van der Waals surface area contributed by atoms with Gasteiger partial charge < -0.3 is 19.6 Å². The maximum absolute atomic E-state index is 11.1. The molecule has 0 aliphatic heterocycles. The number of nitrogen functional groups attached to an aromatic ring is 1. The number of nitrogens with one attached hydrogen (secondary N) is 1. The summed E-state index contributed by atoms with van der Waals surface area (Å²) in [5.74, 6) is 1.27. The van der Waals surface area contributed by atoms with E-state index in [0.29, 0.717) is 28.3 Å². The highest BCUT2D eigenvalue weighted by atomic mass is 16.5. The van der Waals surface area contributed by atoms with Gasteiger partial charge in [0.05, 0.1) is 18.3 Å². The van der Waals surface area contributed by atoms with Crippen molar-refractivity contribution in [1.82, 2.24) is 4.98 Å². The number of hydrogen-bond donors (Lipinski definition) is 2.